The highest BCUT2D eigenvalue weighted by Gasteiger charge is 2.32. The molecule has 1 aliphatic rings. The molecule has 1 aliphatic heterocycles. The fourth-order valence-electron chi connectivity index (χ4n) is 3.50. The van der Waals surface area contributed by atoms with Gasteiger partial charge in [-0.05, 0) is 56.2 Å². The number of ether oxygens (including phenoxy) is 1. The van der Waals surface area contributed by atoms with E-state index in [1.165, 1.54) is 28.7 Å². The number of carbonyl (C=O) groups is 2. The molecule has 0 saturated carbocycles. The lowest BCUT2D eigenvalue weighted by Gasteiger charge is -2.24. The van der Waals surface area contributed by atoms with Gasteiger partial charge in [0.1, 0.15) is 5.92 Å². The quantitative estimate of drug-likeness (QED) is 0.460. The Balaban J connectivity index is 1.88. The Morgan fingerprint density at radius 1 is 1.22 bits per heavy atom. The minimum Gasteiger partial charge on any atom is -0.385 e. The predicted molar refractivity (Wildman–Crippen MR) is 123 cm³/mol. The van der Waals surface area contributed by atoms with E-state index in [-0.39, 0.29) is 17.0 Å². The van der Waals surface area contributed by atoms with Gasteiger partial charge in [-0.25, -0.2) is 8.42 Å². The summed E-state index contributed by atoms with van der Waals surface area (Å²) in [5.41, 5.74) is 1.94. The number of hydrogen-bond acceptors (Lipinski definition) is 6. The molecule has 170 valence electrons. The van der Waals surface area contributed by atoms with Crippen molar-refractivity contribution >= 4 is 39.3 Å². The Kier molecular flexibility index (Phi) is 7.42. The van der Waals surface area contributed by atoms with Gasteiger partial charge in [-0.15, -0.1) is 0 Å². The number of sulfonamides is 1. The first-order valence-corrected chi connectivity index (χ1v) is 11.8. The van der Waals surface area contributed by atoms with E-state index in [1.807, 2.05) is 13.0 Å². The lowest BCUT2D eigenvalue weighted by molar-refractivity contribution is -0.121. The molecule has 32 heavy (non-hydrogen) atoms. The molecule has 9 heteroatoms. The summed E-state index contributed by atoms with van der Waals surface area (Å²) in [6.07, 6.45) is 1.92. The zero-order valence-corrected chi connectivity index (χ0v) is 19.2. The van der Waals surface area contributed by atoms with Gasteiger partial charge in [-0.3, -0.25) is 18.9 Å². The molecule has 2 aromatic rings. The lowest BCUT2D eigenvalue weighted by Crippen LogP contribution is -2.38. The monoisotopic (exact) mass is 457 g/mol. The van der Waals surface area contributed by atoms with Crippen LogP contribution in [0, 0.1) is 12.8 Å². The average molecular weight is 458 g/mol. The molecule has 3 rings (SSSR count). The first-order valence-electron chi connectivity index (χ1n) is 10.4. The van der Waals surface area contributed by atoms with Gasteiger partial charge in [0.05, 0.1) is 16.3 Å². The zero-order valence-electron chi connectivity index (χ0n) is 18.4. The Bertz CT molecular complexity index is 1140. The first-order chi connectivity index (χ1) is 15.3. The van der Waals surface area contributed by atoms with Crippen LogP contribution in [-0.2, 0) is 19.6 Å². The minimum atomic E-state index is -3.92. The van der Waals surface area contributed by atoms with Crippen LogP contribution in [0.2, 0.25) is 0 Å². The standard InChI is InChI=1S/C23H27N3O5S/c1-4-26(17-8-5-7-16(2)13-17)32(29,30)18-9-10-21-19(14-18)22(27)20(15-25-21)23(28)24-11-6-12-31-3/h5,7-10,13-15,20H,4,6,11-12H2,1-3H3,(H,24,28). The van der Waals surface area contributed by atoms with Crippen molar-refractivity contribution in [1.29, 1.82) is 0 Å². The SMILES string of the molecule is CCN(c1cccc(C)c1)S(=O)(=O)c1ccc2c(c1)C(=O)C(C(=O)NCCCOC)C=N2. The van der Waals surface area contributed by atoms with E-state index in [0.717, 1.165) is 5.56 Å². The number of benzene rings is 2. The van der Waals surface area contributed by atoms with Crippen molar-refractivity contribution in [2.45, 2.75) is 25.2 Å². The van der Waals surface area contributed by atoms with Gasteiger partial charge in [0.2, 0.25) is 5.91 Å². The molecular weight excluding hydrogens is 430 g/mol. The Hall–Kier alpha value is -3.04. The van der Waals surface area contributed by atoms with Crippen LogP contribution in [0.5, 0.6) is 0 Å². The number of hydrogen-bond donors (Lipinski definition) is 1. The third-order valence-corrected chi connectivity index (χ3v) is 7.05. The highest BCUT2D eigenvalue weighted by molar-refractivity contribution is 7.92. The van der Waals surface area contributed by atoms with E-state index in [0.29, 0.717) is 30.9 Å². The molecule has 1 amide bonds. The van der Waals surface area contributed by atoms with Crippen molar-refractivity contribution in [3.8, 4) is 0 Å². The topological polar surface area (TPSA) is 105 Å². The second kappa shape index (κ2) is 10.1. The third kappa shape index (κ3) is 4.89. The van der Waals surface area contributed by atoms with Crippen molar-refractivity contribution < 1.29 is 22.7 Å². The predicted octanol–water partition coefficient (Wildman–Crippen LogP) is 2.88. The van der Waals surface area contributed by atoms with Crippen LogP contribution in [0.4, 0.5) is 11.4 Å². The normalized spacial score (nSPS) is 15.3. The average Bonchev–Trinajstić information content (AvgIpc) is 2.77. The fourth-order valence-corrected chi connectivity index (χ4v) is 4.99. The van der Waals surface area contributed by atoms with Gasteiger partial charge in [0.15, 0.2) is 5.78 Å². The van der Waals surface area contributed by atoms with Crippen LogP contribution >= 0.6 is 0 Å². The molecule has 0 radical (unpaired) electrons. The molecule has 0 fully saturated rings. The number of ketones is 1. The summed E-state index contributed by atoms with van der Waals surface area (Å²) in [5, 5.41) is 2.69. The van der Waals surface area contributed by atoms with E-state index >= 15 is 0 Å². The molecular formula is C23H27N3O5S. The lowest BCUT2D eigenvalue weighted by atomic mass is 9.94. The van der Waals surface area contributed by atoms with E-state index in [2.05, 4.69) is 10.3 Å². The molecule has 2 aromatic carbocycles. The highest BCUT2D eigenvalue weighted by atomic mass is 32.2. The van der Waals surface area contributed by atoms with Crippen LogP contribution in [-0.4, -0.2) is 53.1 Å². The molecule has 1 heterocycles. The second-order valence-electron chi connectivity index (χ2n) is 7.45. The largest absolute Gasteiger partial charge is 0.385 e. The minimum absolute atomic E-state index is 0.0238. The number of methoxy groups -OCH3 is 1. The van der Waals surface area contributed by atoms with Crippen molar-refractivity contribution in [3.05, 3.63) is 53.6 Å². The summed E-state index contributed by atoms with van der Waals surface area (Å²) >= 11 is 0. The first kappa shape index (κ1) is 23.6. The Morgan fingerprint density at radius 2 is 2.00 bits per heavy atom. The van der Waals surface area contributed by atoms with Gasteiger partial charge >= 0.3 is 0 Å². The van der Waals surface area contributed by atoms with Crippen molar-refractivity contribution in [1.82, 2.24) is 5.32 Å². The summed E-state index contributed by atoms with van der Waals surface area (Å²) in [7, 11) is -2.35. The number of carbonyl (C=O) groups excluding carboxylic acids is 2. The van der Waals surface area contributed by atoms with Gasteiger partial charge in [-0.2, -0.15) is 0 Å². The number of fused-ring (bicyclic) bond motifs is 1. The molecule has 0 spiro atoms. The van der Waals surface area contributed by atoms with Crippen LogP contribution < -0.4 is 9.62 Å². The van der Waals surface area contributed by atoms with Crippen molar-refractivity contribution in [3.63, 3.8) is 0 Å². The fraction of sp³-hybridized carbons (Fsp3) is 0.348. The maximum atomic E-state index is 13.4. The zero-order chi connectivity index (χ0) is 23.3. The summed E-state index contributed by atoms with van der Waals surface area (Å²) in [4.78, 5) is 29.6. The maximum absolute atomic E-state index is 13.4. The van der Waals surface area contributed by atoms with Gasteiger partial charge < -0.3 is 10.1 Å². The molecule has 1 N–H and O–H groups in total. The molecule has 0 bridgehead atoms. The van der Waals surface area contributed by atoms with Crippen LogP contribution in [0.15, 0.2) is 52.4 Å². The maximum Gasteiger partial charge on any atom is 0.264 e. The molecule has 1 atom stereocenters. The Labute approximate surface area is 188 Å². The van der Waals surface area contributed by atoms with Crippen LogP contribution in [0.1, 0.15) is 29.3 Å². The summed E-state index contributed by atoms with van der Waals surface area (Å²) in [5.74, 6) is -2.04. The second-order valence-corrected chi connectivity index (χ2v) is 9.31. The molecule has 1 unspecified atom stereocenters. The van der Waals surface area contributed by atoms with E-state index in [9.17, 15) is 18.0 Å². The molecule has 8 nitrogen and oxygen atoms in total. The summed E-state index contributed by atoms with van der Waals surface area (Å²) in [6.45, 7) is 4.72. The van der Waals surface area contributed by atoms with E-state index in [4.69, 9.17) is 4.74 Å². The van der Waals surface area contributed by atoms with Crippen LogP contribution in [0.25, 0.3) is 0 Å². The number of aryl methyl sites for hydroxylation is 1. The highest BCUT2D eigenvalue weighted by Crippen LogP contribution is 2.31. The number of anilines is 1. The Morgan fingerprint density at radius 3 is 2.69 bits per heavy atom. The number of aliphatic imine (C=N–C) groups is 1. The van der Waals surface area contributed by atoms with Gasteiger partial charge in [0.25, 0.3) is 10.0 Å². The molecule has 0 aliphatic carbocycles. The van der Waals surface area contributed by atoms with E-state index in [1.54, 1.807) is 32.2 Å². The van der Waals surface area contributed by atoms with Gasteiger partial charge in [0, 0.05) is 38.6 Å². The third-order valence-electron chi connectivity index (χ3n) is 5.15. The molecule has 0 aromatic heterocycles. The number of nitrogens with one attached hydrogen (secondary N) is 1. The smallest absolute Gasteiger partial charge is 0.264 e. The number of rotatable bonds is 9. The summed E-state index contributed by atoms with van der Waals surface area (Å²) < 4.78 is 33.0. The number of amides is 1. The number of nitrogens with zero attached hydrogens (tertiary/aromatic N) is 2. The van der Waals surface area contributed by atoms with Gasteiger partial charge in [-0.1, -0.05) is 12.1 Å². The van der Waals surface area contributed by atoms with E-state index < -0.39 is 27.6 Å². The summed E-state index contributed by atoms with van der Waals surface area (Å²) in [6, 6.07) is 11.4. The van der Waals surface area contributed by atoms with Crippen molar-refractivity contribution in [2.75, 3.05) is 31.1 Å². The van der Waals surface area contributed by atoms with Crippen LogP contribution in [0.3, 0.4) is 0 Å². The number of Topliss-reactive ketones (excluding diaryl/α,β-unsaturated/α-hetero) is 1. The molecule has 0 saturated heterocycles. The van der Waals surface area contributed by atoms with Crippen molar-refractivity contribution in [2.24, 2.45) is 10.9 Å².